The van der Waals surface area contributed by atoms with Gasteiger partial charge in [-0.25, -0.2) is 5.32 Å². The Hall–Kier alpha value is -1.03. The molecule has 108 valence electrons. The number of para-hydroxylation sites is 1. The van der Waals surface area contributed by atoms with E-state index in [9.17, 15) is 0 Å². The lowest BCUT2D eigenvalue weighted by Gasteiger charge is -2.12. The average molecular weight is 328 g/mol. The summed E-state index contributed by atoms with van der Waals surface area (Å²) < 4.78 is 0. The van der Waals surface area contributed by atoms with Gasteiger partial charge in [-0.05, 0) is 52.7 Å². The molecule has 1 aromatic carbocycles. The first-order valence-electron chi connectivity index (χ1n) is 6.63. The Bertz CT molecular complexity index is 405. The average Bonchev–Trinajstić information content (AvgIpc) is 2.21. The molecule has 0 aliphatic rings. The summed E-state index contributed by atoms with van der Waals surface area (Å²) in [6.45, 7) is 12.8. The molecule has 0 fully saturated rings. The number of aryl methyl sites for hydroxylation is 2. The number of benzene rings is 1. The zero-order valence-corrected chi connectivity index (χ0v) is 14.4. The number of halogens is 1. The van der Waals surface area contributed by atoms with Crippen LogP contribution in [0.3, 0.4) is 0 Å². The van der Waals surface area contributed by atoms with Crippen molar-refractivity contribution < 1.29 is 22.0 Å². The number of anilines is 1. The van der Waals surface area contributed by atoms with E-state index < -0.39 is 0 Å². The van der Waals surface area contributed by atoms with Crippen molar-refractivity contribution in [2.45, 2.75) is 53.6 Å². The normalized spacial score (nSPS) is 11.5. The second-order valence-corrected chi connectivity index (χ2v) is 5.36. The summed E-state index contributed by atoms with van der Waals surface area (Å²) in [6, 6.07) is 7.11. The van der Waals surface area contributed by atoms with Crippen LogP contribution in [0.4, 0.5) is 5.69 Å². The summed E-state index contributed by atoms with van der Waals surface area (Å²) >= 11 is 0. The van der Waals surface area contributed by atoms with E-state index in [1.54, 1.807) is 0 Å². The lowest BCUT2D eigenvalue weighted by Crippen LogP contribution is -3.00. The van der Waals surface area contributed by atoms with Crippen LogP contribution >= 0.6 is 0 Å². The van der Waals surface area contributed by atoms with Crippen LogP contribution in [0.1, 0.15) is 38.8 Å². The number of hydrogen-bond donors (Lipinski definition) is 3. The molecule has 0 amide bonds. The van der Waals surface area contributed by atoms with Crippen molar-refractivity contribution >= 4 is 11.6 Å². The number of hydrogen-bond acceptors (Lipinski definition) is 0. The lowest BCUT2D eigenvalue weighted by molar-refractivity contribution is -0.495. The molecule has 0 aromatic heterocycles. The fourth-order valence-electron chi connectivity index (χ4n) is 1.83. The summed E-state index contributed by atoms with van der Waals surface area (Å²) in [7, 11) is 0. The molecule has 1 rings (SSSR count). The van der Waals surface area contributed by atoms with Crippen LogP contribution in [-0.2, 0) is 0 Å². The van der Waals surface area contributed by atoms with E-state index in [4.69, 9.17) is 0 Å². The number of guanidine groups is 1. The molecular formula is C15H26BrN3. The second kappa shape index (κ2) is 8.20. The van der Waals surface area contributed by atoms with Gasteiger partial charge in [-0.2, -0.15) is 0 Å². The third kappa shape index (κ3) is 6.10. The number of rotatable bonds is 3. The standard InChI is InChI=1S/C15H25N3.BrH/c1-10(2)16-15(17-11(3)4)18-14-12(5)8-7-9-13(14)6;/h7-11H,1-6H3,(H2,16,17,18);1H. The maximum atomic E-state index is 3.47. The van der Waals surface area contributed by atoms with E-state index in [1.807, 2.05) is 0 Å². The molecule has 0 spiro atoms. The molecule has 0 heterocycles. The van der Waals surface area contributed by atoms with E-state index in [0.717, 1.165) is 5.96 Å². The van der Waals surface area contributed by atoms with Gasteiger partial charge >= 0.3 is 5.96 Å². The van der Waals surface area contributed by atoms with Gasteiger partial charge in [0.25, 0.3) is 0 Å². The predicted octanol–water partition coefficient (Wildman–Crippen LogP) is -1.44. The Morgan fingerprint density at radius 3 is 2.00 bits per heavy atom. The van der Waals surface area contributed by atoms with Gasteiger partial charge in [0.15, 0.2) is 0 Å². The monoisotopic (exact) mass is 327 g/mol. The van der Waals surface area contributed by atoms with Gasteiger partial charge in [0.05, 0.1) is 12.1 Å². The lowest BCUT2D eigenvalue weighted by atomic mass is 10.1. The highest BCUT2D eigenvalue weighted by Crippen LogP contribution is 2.18. The number of nitrogens with one attached hydrogen (secondary N) is 3. The summed E-state index contributed by atoms with van der Waals surface area (Å²) in [5.74, 6) is 0.970. The molecular weight excluding hydrogens is 302 g/mol. The summed E-state index contributed by atoms with van der Waals surface area (Å²) in [5.41, 5.74) is 3.68. The summed E-state index contributed by atoms with van der Waals surface area (Å²) in [5, 5.41) is 6.88. The summed E-state index contributed by atoms with van der Waals surface area (Å²) in [4.78, 5) is 3.41. The van der Waals surface area contributed by atoms with E-state index in [2.05, 4.69) is 75.4 Å². The van der Waals surface area contributed by atoms with Crippen LogP contribution in [0.5, 0.6) is 0 Å². The van der Waals surface area contributed by atoms with Gasteiger partial charge in [-0.1, -0.05) is 18.2 Å². The third-order valence-electron chi connectivity index (χ3n) is 2.60. The zero-order valence-electron chi connectivity index (χ0n) is 12.8. The summed E-state index contributed by atoms with van der Waals surface area (Å²) in [6.07, 6.45) is 0. The highest BCUT2D eigenvalue weighted by molar-refractivity contribution is 5.91. The molecule has 19 heavy (non-hydrogen) atoms. The van der Waals surface area contributed by atoms with Crippen molar-refractivity contribution in [3.63, 3.8) is 0 Å². The molecule has 0 unspecified atom stereocenters. The Morgan fingerprint density at radius 1 is 1.05 bits per heavy atom. The van der Waals surface area contributed by atoms with Crippen LogP contribution in [0.2, 0.25) is 0 Å². The molecule has 0 atom stereocenters. The van der Waals surface area contributed by atoms with E-state index in [1.165, 1.54) is 16.8 Å². The van der Waals surface area contributed by atoms with Crippen molar-refractivity contribution in [2.75, 3.05) is 5.32 Å². The minimum absolute atomic E-state index is 0. The molecule has 0 saturated heterocycles. The third-order valence-corrected chi connectivity index (χ3v) is 2.60. The molecule has 1 aromatic rings. The van der Waals surface area contributed by atoms with Gasteiger partial charge in [0, 0.05) is 0 Å². The van der Waals surface area contributed by atoms with Crippen LogP contribution in [0.15, 0.2) is 18.2 Å². The van der Waals surface area contributed by atoms with Crippen molar-refractivity contribution in [1.29, 1.82) is 0 Å². The fourth-order valence-corrected chi connectivity index (χ4v) is 1.83. The van der Waals surface area contributed by atoms with E-state index >= 15 is 0 Å². The SMILES string of the molecule is Cc1cccc(C)c1NC(NC(C)C)=[NH+]C(C)C.[Br-]. The quantitative estimate of drug-likeness (QED) is 0.470. The molecule has 0 bridgehead atoms. The first-order chi connectivity index (χ1) is 8.40. The first-order valence-corrected chi connectivity index (χ1v) is 6.63. The highest BCUT2D eigenvalue weighted by Gasteiger charge is 2.13. The fraction of sp³-hybridized carbons (Fsp3) is 0.533. The maximum absolute atomic E-state index is 3.47. The van der Waals surface area contributed by atoms with Crippen molar-refractivity contribution in [3.8, 4) is 0 Å². The topological polar surface area (TPSA) is 38.0 Å². The van der Waals surface area contributed by atoms with Gasteiger partial charge in [0.1, 0.15) is 5.69 Å². The van der Waals surface area contributed by atoms with E-state index in [0.29, 0.717) is 12.1 Å². The minimum atomic E-state index is 0. The van der Waals surface area contributed by atoms with Gasteiger partial charge in [0.2, 0.25) is 0 Å². The molecule has 0 radical (unpaired) electrons. The highest BCUT2D eigenvalue weighted by atomic mass is 79.9. The minimum Gasteiger partial charge on any atom is -1.00 e. The van der Waals surface area contributed by atoms with Crippen molar-refractivity contribution in [1.82, 2.24) is 5.32 Å². The smallest absolute Gasteiger partial charge is 0.348 e. The molecule has 0 aliphatic heterocycles. The van der Waals surface area contributed by atoms with Crippen molar-refractivity contribution in [2.24, 2.45) is 0 Å². The first kappa shape index (κ1) is 18.0. The van der Waals surface area contributed by atoms with E-state index in [-0.39, 0.29) is 17.0 Å². The Kier molecular flexibility index (Phi) is 7.76. The molecule has 3 nitrogen and oxygen atoms in total. The zero-order chi connectivity index (χ0) is 13.7. The van der Waals surface area contributed by atoms with Gasteiger partial charge in [-0.15, -0.1) is 0 Å². The van der Waals surface area contributed by atoms with Crippen LogP contribution in [0.25, 0.3) is 0 Å². The van der Waals surface area contributed by atoms with Crippen LogP contribution in [0, 0.1) is 13.8 Å². The predicted molar refractivity (Wildman–Crippen MR) is 78.9 cm³/mol. The maximum Gasteiger partial charge on any atom is 0.348 e. The van der Waals surface area contributed by atoms with Crippen LogP contribution < -0.4 is 32.6 Å². The second-order valence-electron chi connectivity index (χ2n) is 5.36. The van der Waals surface area contributed by atoms with Gasteiger partial charge in [-0.3, -0.25) is 10.3 Å². The molecule has 0 aliphatic carbocycles. The Morgan fingerprint density at radius 2 is 1.58 bits per heavy atom. The molecule has 3 N–H and O–H groups in total. The Labute approximate surface area is 127 Å². The Balaban J connectivity index is 0.00000324. The van der Waals surface area contributed by atoms with Gasteiger partial charge < -0.3 is 17.0 Å². The molecule has 0 saturated carbocycles. The van der Waals surface area contributed by atoms with Crippen LogP contribution in [-0.4, -0.2) is 18.0 Å². The largest absolute Gasteiger partial charge is 1.00 e. The van der Waals surface area contributed by atoms with Crippen molar-refractivity contribution in [3.05, 3.63) is 29.3 Å². The molecule has 4 heteroatoms.